The molecule has 1 aliphatic carbocycles. The summed E-state index contributed by atoms with van der Waals surface area (Å²) in [6, 6.07) is 51.2. The summed E-state index contributed by atoms with van der Waals surface area (Å²) in [5, 5.41) is 4.85. The van der Waals surface area contributed by atoms with Gasteiger partial charge in [-0.15, -0.1) is 0 Å². The van der Waals surface area contributed by atoms with Crippen LogP contribution >= 0.6 is 0 Å². The fourth-order valence-electron chi connectivity index (χ4n) is 7.60. The largest absolute Gasteiger partial charge is 0.309 e. The maximum Gasteiger partial charge on any atom is 0.179 e. The number of pyridine rings is 1. The first kappa shape index (κ1) is 28.4. The Kier molecular flexibility index (Phi) is 6.56. The normalized spacial score (nSPS) is 14.4. The van der Waals surface area contributed by atoms with Crippen molar-refractivity contribution < 1.29 is 0 Å². The fraction of sp³-hybridized carbons (Fsp3) is 0.0444. The molecule has 1 aliphatic rings. The molecule has 0 saturated heterocycles. The average Bonchev–Trinajstić information content (AvgIpc) is 3.72. The van der Waals surface area contributed by atoms with Crippen molar-refractivity contribution in [2.24, 2.45) is 0 Å². The SMILES string of the molecule is C1=CCC(c2cc(-c3ccccc3)nc(-c3cccc(-n4c5ccccc5c5c4ccc4c6ccccc6n(-c6ccccc6)c45)n3)n2)C=C1. The number of allylic oxidation sites excluding steroid dienone is 4. The van der Waals surface area contributed by atoms with E-state index in [-0.39, 0.29) is 5.92 Å². The predicted molar refractivity (Wildman–Crippen MR) is 205 cm³/mol. The van der Waals surface area contributed by atoms with Crippen molar-refractivity contribution >= 4 is 43.6 Å². The third kappa shape index (κ3) is 4.51. The van der Waals surface area contributed by atoms with Crippen molar-refractivity contribution in [2.75, 3.05) is 0 Å². The molecule has 1 unspecified atom stereocenters. The maximum atomic E-state index is 5.31. The molecular weight excluding hydrogens is 611 g/mol. The highest BCUT2D eigenvalue weighted by atomic mass is 15.1. The predicted octanol–water partition coefficient (Wildman–Crippen LogP) is 11.0. The van der Waals surface area contributed by atoms with Gasteiger partial charge in [0.2, 0.25) is 0 Å². The minimum atomic E-state index is 0.184. The number of hydrogen-bond donors (Lipinski definition) is 0. The first-order valence-corrected chi connectivity index (χ1v) is 17.1. The Morgan fingerprint density at radius 3 is 2.06 bits per heavy atom. The Balaban J connectivity index is 1.22. The van der Waals surface area contributed by atoms with Crippen LogP contribution in [0.5, 0.6) is 0 Å². The average molecular weight is 642 g/mol. The number of rotatable bonds is 5. The highest BCUT2D eigenvalue weighted by Crippen LogP contribution is 2.42. The van der Waals surface area contributed by atoms with Crippen molar-refractivity contribution in [3.8, 4) is 34.3 Å². The van der Waals surface area contributed by atoms with Gasteiger partial charge >= 0.3 is 0 Å². The molecule has 9 aromatic rings. The molecule has 4 heterocycles. The fourth-order valence-corrected chi connectivity index (χ4v) is 7.60. The molecule has 5 aromatic carbocycles. The van der Waals surface area contributed by atoms with Crippen LogP contribution in [0.25, 0.3) is 77.9 Å². The number of aromatic nitrogens is 5. The Hall–Kier alpha value is -6.59. The Morgan fingerprint density at radius 2 is 1.26 bits per heavy atom. The van der Waals surface area contributed by atoms with Crippen molar-refractivity contribution in [2.45, 2.75) is 12.3 Å². The van der Waals surface area contributed by atoms with Crippen molar-refractivity contribution in [1.82, 2.24) is 24.1 Å². The molecule has 0 spiro atoms. The lowest BCUT2D eigenvalue weighted by atomic mass is 9.96. The van der Waals surface area contributed by atoms with Crippen molar-refractivity contribution in [3.63, 3.8) is 0 Å². The third-order valence-corrected chi connectivity index (χ3v) is 9.85. The lowest BCUT2D eigenvalue weighted by molar-refractivity contribution is 0.810. The summed E-state index contributed by atoms with van der Waals surface area (Å²) < 4.78 is 4.70. The first-order valence-electron chi connectivity index (χ1n) is 17.1. The van der Waals surface area contributed by atoms with Gasteiger partial charge in [0.1, 0.15) is 11.5 Å². The second-order valence-electron chi connectivity index (χ2n) is 12.8. The van der Waals surface area contributed by atoms with E-state index in [1.165, 1.54) is 32.6 Å². The van der Waals surface area contributed by atoms with Crippen LogP contribution in [0.3, 0.4) is 0 Å². The van der Waals surface area contributed by atoms with Gasteiger partial charge in [-0.05, 0) is 55.0 Å². The molecule has 0 aliphatic heterocycles. The quantitative estimate of drug-likeness (QED) is 0.188. The second-order valence-corrected chi connectivity index (χ2v) is 12.8. The topological polar surface area (TPSA) is 48.5 Å². The molecule has 4 aromatic heterocycles. The van der Waals surface area contributed by atoms with Crippen LogP contribution in [0.4, 0.5) is 0 Å². The van der Waals surface area contributed by atoms with Crippen LogP contribution < -0.4 is 0 Å². The van der Waals surface area contributed by atoms with Crippen LogP contribution in [0.15, 0.2) is 170 Å². The van der Waals surface area contributed by atoms with Gasteiger partial charge in [0.15, 0.2) is 5.82 Å². The number of para-hydroxylation sites is 3. The lowest BCUT2D eigenvalue weighted by Crippen LogP contribution is -2.05. The van der Waals surface area contributed by atoms with Gasteiger partial charge in [0, 0.05) is 38.7 Å². The van der Waals surface area contributed by atoms with Crippen LogP contribution in [-0.2, 0) is 0 Å². The summed E-state index contributed by atoms with van der Waals surface area (Å²) in [5.41, 5.74) is 9.41. The molecule has 0 radical (unpaired) electrons. The molecule has 5 nitrogen and oxygen atoms in total. The first-order chi connectivity index (χ1) is 24.8. The summed E-state index contributed by atoms with van der Waals surface area (Å²) in [4.78, 5) is 15.5. The standard InChI is InChI=1S/C45H31N5/c1-4-15-30(16-5-1)37-29-38(31-17-6-2-7-18-31)48-45(47-37)36-23-14-26-42(46-36)50-40-25-13-11-22-35(40)43-41(50)28-27-34-33-21-10-12-24-39(33)49(44(34)43)32-19-8-3-9-20-32/h1-17,19-29,31H,18H2. The monoisotopic (exact) mass is 641 g/mol. The second kappa shape index (κ2) is 11.5. The number of hydrogen-bond acceptors (Lipinski definition) is 3. The number of benzene rings is 5. The van der Waals surface area contributed by atoms with Crippen molar-refractivity contribution in [3.05, 3.63) is 176 Å². The summed E-state index contributed by atoms with van der Waals surface area (Å²) in [6.45, 7) is 0. The molecule has 236 valence electrons. The maximum absolute atomic E-state index is 5.31. The van der Waals surface area contributed by atoms with Crippen molar-refractivity contribution in [1.29, 1.82) is 0 Å². The van der Waals surface area contributed by atoms with E-state index in [4.69, 9.17) is 15.0 Å². The van der Waals surface area contributed by atoms with Gasteiger partial charge in [0.05, 0.1) is 33.5 Å². The summed E-state index contributed by atoms with van der Waals surface area (Å²) in [7, 11) is 0. The van der Waals surface area contributed by atoms with Gasteiger partial charge in [-0.3, -0.25) is 4.57 Å². The van der Waals surface area contributed by atoms with Gasteiger partial charge in [-0.2, -0.15) is 0 Å². The molecule has 0 N–H and O–H groups in total. The Morgan fingerprint density at radius 1 is 0.520 bits per heavy atom. The zero-order valence-corrected chi connectivity index (χ0v) is 27.2. The Labute approximate surface area is 289 Å². The molecule has 1 atom stereocenters. The van der Waals surface area contributed by atoms with E-state index in [2.05, 4.69) is 167 Å². The van der Waals surface area contributed by atoms with Crippen LogP contribution in [0.1, 0.15) is 18.0 Å². The van der Waals surface area contributed by atoms with Gasteiger partial charge in [-0.1, -0.05) is 121 Å². The minimum Gasteiger partial charge on any atom is -0.309 e. The molecule has 50 heavy (non-hydrogen) atoms. The third-order valence-electron chi connectivity index (χ3n) is 9.85. The van der Waals surface area contributed by atoms with Crippen LogP contribution in [0, 0.1) is 0 Å². The highest BCUT2D eigenvalue weighted by Gasteiger charge is 2.22. The van der Waals surface area contributed by atoms with Gasteiger partial charge < -0.3 is 4.57 Å². The Bertz CT molecular complexity index is 2790. The zero-order chi connectivity index (χ0) is 33.0. The molecule has 0 bridgehead atoms. The molecular formula is C45H31N5. The molecule has 0 saturated carbocycles. The molecule has 0 fully saturated rings. The van der Waals surface area contributed by atoms with E-state index in [1.807, 2.05) is 12.1 Å². The zero-order valence-electron chi connectivity index (χ0n) is 27.2. The van der Waals surface area contributed by atoms with E-state index < -0.39 is 0 Å². The number of nitrogens with zero attached hydrogens (tertiary/aromatic N) is 5. The van der Waals surface area contributed by atoms with Gasteiger partial charge in [0.25, 0.3) is 0 Å². The van der Waals surface area contributed by atoms with E-state index in [0.29, 0.717) is 5.82 Å². The van der Waals surface area contributed by atoms with E-state index >= 15 is 0 Å². The summed E-state index contributed by atoms with van der Waals surface area (Å²) in [6.07, 6.45) is 9.53. The highest BCUT2D eigenvalue weighted by molar-refractivity contribution is 6.26. The van der Waals surface area contributed by atoms with Crippen LogP contribution in [-0.4, -0.2) is 24.1 Å². The molecule has 5 heteroatoms. The minimum absolute atomic E-state index is 0.184. The smallest absolute Gasteiger partial charge is 0.179 e. The molecule has 0 amide bonds. The van der Waals surface area contributed by atoms with Gasteiger partial charge in [-0.25, -0.2) is 15.0 Å². The molecule has 10 rings (SSSR count). The van der Waals surface area contributed by atoms with E-state index in [1.54, 1.807) is 0 Å². The lowest BCUT2D eigenvalue weighted by Gasteiger charge is -2.15. The van der Waals surface area contributed by atoms with E-state index in [0.717, 1.165) is 51.6 Å². The number of fused-ring (bicyclic) bond motifs is 7. The van der Waals surface area contributed by atoms with E-state index in [9.17, 15) is 0 Å². The van der Waals surface area contributed by atoms with Crippen LogP contribution in [0.2, 0.25) is 0 Å². The summed E-state index contributed by atoms with van der Waals surface area (Å²) in [5.74, 6) is 1.63. The summed E-state index contributed by atoms with van der Waals surface area (Å²) >= 11 is 0.